The number of carbonyl (C=O) groups is 6. The average Bonchev–Trinajstić information content (AvgIpc) is 3.27. The zero-order valence-electron chi connectivity index (χ0n) is 25.9. The van der Waals surface area contributed by atoms with E-state index in [2.05, 4.69) is 13.2 Å². The summed E-state index contributed by atoms with van der Waals surface area (Å²) in [7, 11) is 0. The van der Waals surface area contributed by atoms with Crippen LogP contribution in [0.1, 0.15) is 41.5 Å². The van der Waals surface area contributed by atoms with Crippen molar-refractivity contribution in [2.75, 3.05) is 65.9 Å². The summed E-state index contributed by atoms with van der Waals surface area (Å²) in [6.07, 6.45) is 0. The number of carbonyl (C=O) groups excluding carboxylic acids is 6. The summed E-state index contributed by atoms with van der Waals surface area (Å²) >= 11 is 0. The van der Waals surface area contributed by atoms with Crippen molar-refractivity contribution in [3.8, 4) is 0 Å². The Morgan fingerprint density at radius 3 is 1.05 bits per heavy atom. The molecule has 13 nitrogen and oxygen atoms in total. The molecule has 0 saturated carbocycles. The van der Waals surface area contributed by atoms with Gasteiger partial charge in [-0.3, -0.25) is 29.0 Å². The molecule has 238 valence electrons. The number of hydrogen-bond acceptors (Lipinski definition) is 11. The minimum absolute atomic E-state index is 0.115. The van der Waals surface area contributed by atoms with Crippen molar-refractivity contribution in [3.63, 3.8) is 0 Å². The Balaban J connectivity index is 0.000000434. The number of rotatable bonds is 17. The first-order valence-corrected chi connectivity index (χ1v) is 13.7. The van der Waals surface area contributed by atoms with E-state index in [-0.39, 0.29) is 76.4 Å². The molecule has 2 aliphatic rings. The molecule has 0 aliphatic carbocycles. The second-order valence-corrected chi connectivity index (χ2v) is 9.69. The normalized spacial score (nSPS) is 14.8. The summed E-state index contributed by atoms with van der Waals surface area (Å²) < 4.78 is 25.4. The number of hydrogen-bond donors (Lipinski definition) is 0. The Morgan fingerprint density at radius 1 is 0.512 bits per heavy atom. The first kappa shape index (κ1) is 37.1. The predicted octanol–water partition coefficient (Wildman–Crippen LogP) is 1.67. The van der Waals surface area contributed by atoms with E-state index in [1.54, 1.807) is 41.5 Å². The minimum Gasteiger partial charge on any atom is -0.460 e. The third-order valence-corrected chi connectivity index (χ3v) is 6.30. The Morgan fingerprint density at radius 2 is 0.767 bits per heavy atom. The van der Waals surface area contributed by atoms with Crippen LogP contribution in [-0.2, 0) is 52.5 Å². The molecule has 4 amide bonds. The van der Waals surface area contributed by atoms with Gasteiger partial charge in [0, 0.05) is 33.4 Å². The van der Waals surface area contributed by atoms with E-state index >= 15 is 0 Å². The van der Waals surface area contributed by atoms with Crippen LogP contribution in [0.4, 0.5) is 0 Å². The van der Waals surface area contributed by atoms with E-state index in [4.69, 9.17) is 23.7 Å². The highest BCUT2D eigenvalue weighted by Crippen LogP contribution is 2.20. The van der Waals surface area contributed by atoms with Gasteiger partial charge in [0.2, 0.25) is 0 Å². The molecule has 0 aromatic carbocycles. The van der Waals surface area contributed by atoms with Gasteiger partial charge in [-0.15, -0.1) is 0 Å². The molecular formula is C30H42N2O11. The Kier molecular flexibility index (Phi) is 16.0. The van der Waals surface area contributed by atoms with Gasteiger partial charge in [-0.05, 0) is 41.5 Å². The zero-order chi connectivity index (χ0) is 32.7. The van der Waals surface area contributed by atoms with Crippen LogP contribution in [0.25, 0.3) is 0 Å². The lowest BCUT2D eigenvalue weighted by Gasteiger charge is -2.14. The highest BCUT2D eigenvalue weighted by atomic mass is 16.6. The maximum Gasteiger partial charge on any atom is 0.333 e. The van der Waals surface area contributed by atoms with Gasteiger partial charge in [0.1, 0.15) is 13.2 Å². The van der Waals surface area contributed by atoms with Gasteiger partial charge in [-0.2, -0.15) is 0 Å². The maximum absolute atomic E-state index is 11.8. The number of esters is 2. The summed E-state index contributed by atoms with van der Waals surface area (Å²) in [5.41, 5.74) is 2.61. The van der Waals surface area contributed by atoms with E-state index in [0.29, 0.717) is 46.7 Å². The topological polar surface area (TPSA) is 155 Å². The van der Waals surface area contributed by atoms with Crippen LogP contribution in [-0.4, -0.2) is 111 Å². The van der Waals surface area contributed by atoms with Gasteiger partial charge < -0.3 is 23.7 Å². The SMILES string of the molecule is C=C(C)C(=O)OCCOCCN1C(=O)C(C)=C(C)C1=O.C=C(C)C(=O)OCCOCCOCCN1C(=O)C(C)=C(C)C1=O. The lowest BCUT2D eigenvalue weighted by Crippen LogP contribution is -2.34. The molecule has 0 aromatic rings. The quantitative estimate of drug-likeness (QED) is 0.103. The van der Waals surface area contributed by atoms with Crippen LogP contribution in [0.3, 0.4) is 0 Å². The molecule has 2 aliphatic heterocycles. The third-order valence-electron chi connectivity index (χ3n) is 6.30. The Labute approximate surface area is 252 Å². The van der Waals surface area contributed by atoms with E-state index in [9.17, 15) is 28.8 Å². The van der Waals surface area contributed by atoms with Crippen molar-refractivity contribution in [1.82, 2.24) is 9.80 Å². The lowest BCUT2D eigenvalue weighted by atomic mass is 10.2. The zero-order valence-corrected chi connectivity index (χ0v) is 25.9. The van der Waals surface area contributed by atoms with Crippen molar-refractivity contribution in [1.29, 1.82) is 0 Å². The minimum atomic E-state index is -0.464. The molecule has 0 bridgehead atoms. The van der Waals surface area contributed by atoms with E-state index in [0.717, 1.165) is 4.90 Å². The maximum atomic E-state index is 11.8. The predicted molar refractivity (Wildman–Crippen MR) is 154 cm³/mol. The number of imide groups is 2. The molecule has 43 heavy (non-hydrogen) atoms. The Bertz CT molecular complexity index is 1130. The monoisotopic (exact) mass is 606 g/mol. The van der Waals surface area contributed by atoms with Gasteiger partial charge in [0.15, 0.2) is 0 Å². The molecule has 0 radical (unpaired) electrons. The lowest BCUT2D eigenvalue weighted by molar-refractivity contribution is -0.141. The van der Waals surface area contributed by atoms with E-state index in [1.807, 2.05) is 0 Å². The first-order chi connectivity index (χ1) is 20.2. The number of amides is 4. The van der Waals surface area contributed by atoms with Crippen LogP contribution < -0.4 is 0 Å². The summed E-state index contributed by atoms with van der Waals surface area (Å²) in [5, 5.41) is 0. The standard InChI is InChI=1S/C16H23NO6.C14H19NO5/c1-11(2)16(20)23-10-9-22-8-7-21-6-5-17-14(18)12(3)13(4)15(17)19;1-9(2)14(18)20-8-7-19-6-5-15-12(16)10(3)11(4)13(15)17/h1,5-10H2,2-4H3;1,5-8H2,2-4H3. The molecule has 0 spiro atoms. The summed E-state index contributed by atoms with van der Waals surface area (Å²) in [5.74, 6) is -1.97. The molecule has 2 rings (SSSR count). The van der Waals surface area contributed by atoms with Crippen LogP contribution in [0.2, 0.25) is 0 Å². The molecule has 0 aromatic heterocycles. The van der Waals surface area contributed by atoms with Crippen molar-refractivity contribution in [3.05, 3.63) is 46.6 Å². The molecular weight excluding hydrogens is 564 g/mol. The fourth-order valence-corrected chi connectivity index (χ4v) is 3.41. The van der Waals surface area contributed by atoms with Crippen LogP contribution >= 0.6 is 0 Å². The smallest absolute Gasteiger partial charge is 0.333 e. The highest BCUT2D eigenvalue weighted by Gasteiger charge is 2.33. The molecule has 13 heteroatoms. The van der Waals surface area contributed by atoms with Crippen molar-refractivity contribution in [2.24, 2.45) is 0 Å². The summed E-state index contributed by atoms with van der Waals surface area (Å²) in [6, 6.07) is 0. The van der Waals surface area contributed by atoms with Crippen LogP contribution in [0.5, 0.6) is 0 Å². The first-order valence-electron chi connectivity index (χ1n) is 13.7. The van der Waals surface area contributed by atoms with Crippen molar-refractivity contribution in [2.45, 2.75) is 41.5 Å². The van der Waals surface area contributed by atoms with Crippen LogP contribution in [0, 0.1) is 0 Å². The number of nitrogens with zero attached hydrogens (tertiary/aromatic N) is 2. The summed E-state index contributed by atoms with van der Waals surface area (Å²) in [6.45, 7) is 18.9. The summed E-state index contributed by atoms with van der Waals surface area (Å²) in [4.78, 5) is 71.5. The van der Waals surface area contributed by atoms with E-state index < -0.39 is 11.9 Å². The highest BCUT2D eigenvalue weighted by molar-refractivity contribution is 6.19. The third kappa shape index (κ3) is 11.7. The molecule has 0 fully saturated rings. The van der Waals surface area contributed by atoms with Gasteiger partial charge in [0.05, 0.1) is 52.7 Å². The molecule has 2 heterocycles. The van der Waals surface area contributed by atoms with Crippen molar-refractivity contribution >= 4 is 35.6 Å². The molecule has 0 atom stereocenters. The second kappa shape index (κ2) is 18.6. The van der Waals surface area contributed by atoms with Gasteiger partial charge in [0.25, 0.3) is 23.6 Å². The van der Waals surface area contributed by atoms with Gasteiger partial charge in [-0.25, -0.2) is 9.59 Å². The second-order valence-electron chi connectivity index (χ2n) is 9.69. The molecule has 0 saturated heterocycles. The van der Waals surface area contributed by atoms with Crippen molar-refractivity contribution < 1.29 is 52.5 Å². The van der Waals surface area contributed by atoms with Gasteiger partial charge >= 0.3 is 11.9 Å². The molecule has 0 unspecified atom stereocenters. The average molecular weight is 607 g/mol. The Hall–Kier alpha value is -3.94. The van der Waals surface area contributed by atoms with Gasteiger partial charge in [-0.1, -0.05) is 13.2 Å². The van der Waals surface area contributed by atoms with E-state index in [1.165, 1.54) is 4.90 Å². The molecule has 0 N–H and O–H groups in total. The fraction of sp³-hybridized carbons (Fsp3) is 0.533. The number of ether oxygens (including phenoxy) is 5. The van der Waals surface area contributed by atoms with Crippen LogP contribution in [0.15, 0.2) is 46.6 Å². The largest absolute Gasteiger partial charge is 0.460 e. The fourth-order valence-electron chi connectivity index (χ4n) is 3.41.